The maximum atomic E-state index is 13.5. The van der Waals surface area contributed by atoms with Crippen molar-refractivity contribution in [3.63, 3.8) is 0 Å². The number of benzene rings is 2. The highest BCUT2D eigenvalue weighted by atomic mass is 16.7. The molecular weight excluding hydrogens is 378 g/mol. The van der Waals surface area contributed by atoms with E-state index in [1.165, 1.54) is 0 Å². The molecule has 0 saturated heterocycles. The van der Waals surface area contributed by atoms with Crippen LogP contribution in [-0.2, 0) is 11.2 Å². The lowest BCUT2D eigenvalue weighted by atomic mass is 9.93. The van der Waals surface area contributed by atoms with Crippen LogP contribution in [0.2, 0.25) is 0 Å². The average molecular weight is 397 g/mol. The van der Waals surface area contributed by atoms with Gasteiger partial charge in [-0.1, -0.05) is 6.07 Å². The molecule has 0 bridgehead atoms. The molecule has 8 nitrogen and oxygen atoms in total. The second kappa shape index (κ2) is 6.66. The van der Waals surface area contributed by atoms with Crippen LogP contribution >= 0.6 is 0 Å². The number of carbonyl (C=O) groups is 2. The Morgan fingerprint density at radius 3 is 2.55 bits per heavy atom. The highest BCUT2D eigenvalue weighted by Crippen LogP contribution is 2.46. The summed E-state index contributed by atoms with van der Waals surface area (Å²) in [6.45, 7) is 0.902. The number of cyclic esters (lactones) is 1. The first-order valence-electron chi connectivity index (χ1n) is 9.28. The Bertz CT molecular complexity index is 1030. The Balaban J connectivity index is 1.54. The van der Waals surface area contributed by atoms with Crippen LogP contribution in [-0.4, -0.2) is 50.9 Å². The molecule has 0 aromatic heterocycles. The summed E-state index contributed by atoms with van der Waals surface area (Å²) in [6, 6.07) is 6.88. The van der Waals surface area contributed by atoms with Crippen molar-refractivity contribution < 1.29 is 33.3 Å². The fourth-order valence-corrected chi connectivity index (χ4v) is 3.75. The van der Waals surface area contributed by atoms with Crippen molar-refractivity contribution in [1.29, 1.82) is 0 Å². The summed E-state index contributed by atoms with van der Waals surface area (Å²) >= 11 is 0. The second-order valence-electron chi connectivity index (χ2n) is 7.33. The van der Waals surface area contributed by atoms with Gasteiger partial charge in [0.2, 0.25) is 19.4 Å². The molecule has 0 aliphatic carbocycles. The number of hydrogen-bond donors (Lipinski definition) is 0. The van der Waals surface area contributed by atoms with Crippen molar-refractivity contribution in [3.8, 4) is 23.0 Å². The van der Waals surface area contributed by atoms with Crippen molar-refractivity contribution >= 4 is 11.8 Å². The molecule has 5 rings (SSSR count). The first-order chi connectivity index (χ1) is 14.0. The molecule has 1 atom stereocenters. The van der Waals surface area contributed by atoms with Gasteiger partial charge in [-0.05, 0) is 44.3 Å². The summed E-state index contributed by atoms with van der Waals surface area (Å²) in [7, 11) is 3.93. The number of nitrogens with zero attached hydrogens (tertiary/aromatic N) is 1. The van der Waals surface area contributed by atoms with Crippen LogP contribution in [0.25, 0.3) is 0 Å². The maximum Gasteiger partial charge on any atom is 0.343 e. The molecule has 0 N–H and O–H groups in total. The fourth-order valence-electron chi connectivity index (χ4n) is 3.75. The smallest absolute Gasteiger partial charge is 0.343 e. The van der Waals surface area contributed by atoms with Crippen LogP contribution < -0.4 is 18.9 Å². The Morgan fingerprint density at radius 1 is 1.03 bits per heavy atom. The lowest BCUT2D eigenvalue weighted by Crippen LogP contribution is -2.19. The van der Waals surface area contributed by atoms with E-state index in [0.29, 0.717) is 40.5 Å². The van der Waals surface area contributed by atoms with Crippen LogP contribution in [0.4, 0.5) is 0 Å². The molecule has 150 valence electrons. The molecule has 0 spiro atoms. The molecule has 2 aromatic rings. The van der Waals surface area contributed by atoms with Gasteiger partial charge in [0.15, 0.2) is 29.1 Å². The monoisotopic (exact) mass is 397 g/mol. The third-order valence-corrected chi connectivity index (χ3v) is 5.21. The van der Waals surface area contributed by atoms with Crippen LogP contribution in [0.3, 0.4) is 0 Å². The second-order valence-corrected chi connectivity index (χ2v) is 7.33. The lowest BCUT2D eigenvalue weighted by Gasteiger charge is -2.16. The summed E-state index contributed by atoms with van der Waals surface area (Å²) in [6.07, 6.45) is -0.398. The number of ketones is 1. The fraction of sp³-hybridized carbons (Fsp3) is 0.333. The van der Waals surface area contributed by atoms with Crippen LogP contribution in [0.5, 0.6) is 23.0 Å². The molecule has 3 aliphatic heterocycles. The number of likely N-dealkylation sites (N-methyl/N-ethyl adjacent to an activating group) is 1. The highest BCUT2D eigenvalue weighted by Gasteiger charge is 2.42. The lowest BCUT2D eigenvalue weighted by molar-refractivity contribution is 0.0352. The van der Waals surface area contributed by atoms with Crippen molar-refractivity contribution in [2.45, 2.75) is 12.5 Å². The molecular formula is C21H19NO7. The summed E-state index contributed by atoms with van der Waals surface area (Å²) in [5.41, 5.74) is 2.02. The molecule has 0 amide bonds. The van der Waals surface area contributed by atoms with Crippen molar-refractivity contribution in [3.05, 3.63) is 46.5 Å². The standard InChI is InChI=1S/C21H19NO7/c1-22(2)6-5-11-7-15-16(27-9-26-15)8-13(11)18(23)19-12-3-4-14-20(28-10-25-14)17(12)21(24)29-19/h3-4,7-8,19H,5-6,9-10H2,1-2H3. The highest BCUT2D eigenvalue weighted by molar-refractivity contribution is 6.09. The van der Waals surface area contributed by atoms with E-state index in [1.54, 1.807) is 18.2 Å². The van der Waals surface area contributed by atoms with Crippen molar-refractivity contribution in [2.24, 2.45) is 0 Å². The van der Waals surface area contributed by atoms with E-state index < -0.39 is 12.1 Å². The van der Waals surface area contributed by atoms with Gasteiger partial charge in [-0.2, -0.15) is 0 Å². The Labute approximate surface area is 166 Å². The SMILES string of the molecule is CN(C)CCc1cc2c(cc1C(=O)C1OC(=O)c3c1ccc1c3OCO1)OCO2. The van der Waals surface area contributed by atoms with E-state index in [4.69, 9.17) is 23.7 Å². The molecule has 0 radical (unpaired) electrons. The number of Topliss-reactive ketones (excluding diaryl/α,β-unsaturated/α-hetero) is 1. The van der Waals surface area contributed by atoms with E-state index in [0.717, 1.165) is 12.1 Å². The molecule has 0 fully saturated rings. The Hall–Kier alpha value is -3.26. The topological polar surface area (TPSA) is 83.5 Å². The molecule has 29 heavy (non-hydrogen) atoms. The zero-order valence-electron chi connectivity index (χ0n) is 16.0. The number of ether oxygens (including phenoxy) is 5. The third-order valence-electron chi connectivity index (χ3n) is 5.21. The van der Waals surface area contributed by atoms with Gasteiger partial charge in [0.25, 0.3) is 0 Å². The number of rotatable bonds is 5. The van der Waals surface area contributed by atoms with Gasteiger partial charge in [-0.25, -0.2) is 4.79 Å². The van der Waals surface area contributed by atoms with Gasteiger partial charge in [-0.15, -0.1) is 0 Å². The van der Waals surface area contributed by atoms with E-state index >= 15 is 0 Å². The largest absolute Gasteiger partial charge is 0.454 e. The predicted octanol–water partition coefficient (Wildman–Crippen LogP) is 2.34. The molecule has 2 aromatic carbocycles. The minimum atomic E-state index is -1.04. The summed E-state index contributed by atoms with van der Waals surface area (Å²) < 4.78 is 27.1. The minimum Gasteiger partial charge on any atom is -0.454 e. The number of fused-ring (bicyclic) bond motifs is 4. The van der Waals surface area contributed by atoms with Crippen LogP contribution in [0.15, 0.2) is 24.3 Å². The molecule has 3 heterocycles. The molecule has 8 heteroatoms. The van der Waals surface area contributed by atoms with E-state index in [-0.39, 0.29) is 24.9 Å². The van der Waals surface area contributed by atoms with Crippen LogP contribution in [0, 0.1) is 0 Å². The van der Waals surface area contributed by atoms with Gasteiger partial charge >= 0.3 is 5.97 Å². The average Bonchev–Trinajstić information content (AvgIpc) is 3.42. The number of esters is 1. The van der Waals surface area contributed by atoms with Gasteiger partial charge in [0, 0.05) is 17.7 Å². The van der Waals surface area contributed by atoms with Gasteiger partial charge < -0.3 is 28.6 Å². The molecule has 3 aliphatic rings. The summed E-state index contributed by atoms with van der Waals surface area (Å²) in [5.74, 6) is 1.05. The zero-order chi connectivity index (χ0) is 20.1. The maximum absolute atomic E-state index is 13.5. The van der Waals surface area contributed by atoms with Crippen LogP contribution in [0.1, 0.15) is 37.9 Å². The normalized spacial score (nSPS) is 18.2. The van der Waals surface area contributed by atoms with E-state index in [9.17, 15) is 9.59 Å². The number of carbonyl (C=O) groups excluding carboxylic acids is 2. The number of hydrogen-bond acceptors (Lipinski definition) is 8. The Kier molecular flexibility index (Phi) is 4.09. The first-order valence-corrected chi connectivity index (χ1v) is 9.28. The van der Waals surface area contributed by atoms with Gasteiger partial charge in [-0.3, -0.25) is 4.79 Å². The predicted molar refractivity (Wildman–Crippen MR) is 99.9 cm³/mol. The minimum absolute atomic E-state index is 0.0362. The van der Waals surface area contributed by atoms with Gasteiger partial charge in [0.05, 0.1) is 0 Å². The summed E-state index contributed by atoms with van der Waals surface area (Å²) in [5, 5.41) is 0. The molecule has 0 saturated carbocycles. The van der Waals surface area contributed by atoms with E-state index in [1.807, 2.05) is 25.1 Å². The first kappa shape index (κ1) is 17.8. The van der Waals surface area contributed by atoms with Crippen molar-refractivity contribution in [1.82, 2.24) is 4.90 Å². The molecule has 1 unspecified atom stereocenters. The summed E-state index contributed by atoms with van der Waals surface area (Å²) in [4.78, 5) is 28.0. The van der Waals surface area contributed by atoms with Crippen molar-refractivity contribution in [2.75, 3.05) is 34.2 Å². The quantitative estimate of drug-likeness (QED) is 0.562. The zero-order valence-corrected chi connectivity index (χ0v) is 16.0. The third kappa shape index (κ3) is 2.87. The van der Waals surface area contributed by atoms with Gasteiger partial charge in [0.1, 0.15) is 5.56 Å². The van der Waals surface area contributed by atoms with E-state index in [2.05, 4.69) is 0 Å². The Morgan fingerprint density at radius 2 is 1.76 bits per heavy atom.